The summed E-state index contributed by atoms with van der Waals surface area (Å²) in [7, 11) is 3.32. The summed E-state index contributed by atoms with van der Waals surface area (Å²) in [5.41, 5.74) is 1.82. The Morgan fingerprint density at radius 3 is 2.97 bits per heavy atom. The van der Waals surface area contributed by atoms with E-state index in [1.165, 1.54) is 12.3 Å². The Labute approximate surface area is 190 Å². The molecule has 1 aliphatic rings. The smallest absolute Gasteiger partial charge is 0.269 e. The first-order valence-corrected chi connectivity index (χ1v) is 10.3. The number of carbonyl (C=O) groups excluding carboxylic acids is 2. The first-order chi connectivity index (χ1) is 15.4. The molecule has 1 aliphatic heterocycles. The number of anilines is 3. The normalized spacial score (nSPS) is 12.2. The fourth-order valence-electron chi connectivity index (χ4n) is 3.10. The average molecular weight is 461 g/mol. The van der Waals surface area contributed by atoms with Crippen LogP contribution in [0.3, 0.4) is 0 Å². The number of aromatic nitrogens is 1. The molecular formula is C21H25ClN6O4. The fourth-order valence-corrected chi connectivity index (χ4v) is 3.26. The van der Waals surface area contributed by atoms with Crippen LogP contribution in [0.5, 0.6) is 11.5 Å². The Hall–Kier alpha value is -3.37. The van der Waals surface area contributed by atoms with Crippen LogP contribution in [0.25, 0.3) is 0 Å². The summed E-state index contributed by atoms with van der Waals surface area (Å²) >= 11 is 6.08. The molecule has 32 heavy (non-hydrogen) atoms. The van der Waals surface area contributed by atoms with Crippen molar-refractivity contribution in [3.05, 3.63) is 35.1 Å². The van der Waals surface area contributed by atoms with Crippen LogP contribution in [0.15, 0.2) is 24.4 Å². The highest BCUT2D eigenvalue weighted by Gasteiger charge is 2.20. The highest BCUT2D eigenvalue weighted by molar-refractivity contribution is 6.45. The van der Waals surface area contributed by atoms with Crippen molar-refractivity contribution >= 4 is 46.6 Å². The third-order valence-corrected chi connectivity index (χ3v) is 4.99. The second-order valence-corrected chi connectivity index (χ2v) is 7.45. The van der Waals surface area contributed by atoms with Gasteiger partial charge < -0.3 is 30.2 Å². The molecule has 0 aliphatic carbocycles. The zero-order chi connectivity index (χ0) is 23.1. The van der Waals surface area contributed by atoms with Crippen molar-refractivity contribution in [1.82, 2.24) is 15.2 Å². The van der Waals surface area contributed by atoms with E-state index in [1.54, 1.807) is 25.1 Å². The number of hydrogen-bond acceptors (Lipinski definition) is 9. The minimum atomic E-state index is -0.568. The fraction of sp³-hybridized carbons (Fsp3) is 0.333. The number of fused-ring (bicyclic) bond motifs is 1. The van der Waals surface area contributed by atoms with Crippen LogP contribution in [0, 0.1) is 5.41 Å². The van der Waals surface area contributed by atoms with Gasteiger partial charge in [0, 0.05) is 43.5 Å². The number of pyridine rings is 1. The minimum absolute atomic E-state index is 0.204. The molecule has 0 spiro atoms. The van der Waals surface area contributed by atoms with Crippen LogP contribution in [0.4, 0.5) is 17.1 Å². The summed E-state index contributed by atoms with van der Waals surface area (Å²) in [6, 6.07) is 5.13. The van der Waals surface area contributed by atoms with Gasteiger partial charge in [0.15, 0.2) is 0 Å². The van der Waals surface area contributed by atoms with Crippen LogP contribution in [-0.2, 0) is 9.59 Å². The molecule has 1 amide bonds. The number of nitrogens with zero attached hydrogens (tertiary/aromatic N) is 2. The molecule has 1 aromatic carbocycles. The molecule has 3 rings (SSSR count). The molecule has 1 aromatic heterocycles. The predicted molar refractivity (Wildman–Crippen MR) is 123 cm³/mol. The van der Waals surface area contributed by atoms with E-state index in [-0.39, 0.29) is 29.5 Å². The Bertz CT molecular complexity index is 1020. The van der Waals surface area contributed by atoms with Gasteiger partial charge in [-0.2, -0.15) is 0 Å². The monoisotopic (exact) mass is 460 g/mol. The number of methoxy groups -OCH3 is 1. The molecule has 4 N–H and O–H groups in total. The number of aldehydes is 1. The molecular weight excluding hydrogens is 436 g/mol. The first-order valence-electron chi connectivity index (χ1n) is 9.93. The number of amides is 1. The van der Waals surface area contributed by atoms with Crippen molar-refractivity contribution in [2.75, 3.05) is 57.6 Å². The minimum Gasteiger partial charge on any atom is -0.494 e. The number of carbonyl (C=O) groups is 2. The summed E-state index contributed by atoms with van der Waals surface area (Å²) in [4.78, 5) is 28.8. The topological polar surface area (TPSA) is 129 Å². The molecule has 0 bridgehead atoms. The summed E-state index contributed by atoms with van der Waals surface area (Å²) < 4.78 is 11.2. The summed E-state index contributed by atoms with van der Waals surface area (Å²) in [6.07, 6.45) is 2.16. The third kappa shape index (κ3) is 5.65. The van der Waals surface area contributed by atoms with E-state index < -0.39 is 5.91 Å². The largest absolute Gasteiger partial charge is 0.494 e. The van der Waals surface area contributed by atoms with E-state index in [0.717, 1.165) is 12.0 Å². The number of halogens is 1. The van der Waals surface area contributed by atoms with Gasteiger partial charge in [-0.05, 0) is 13.1 Å². The van der Waals surface area contributed by atoms with Crippen molar-refractivity contribution in [3.63, 3.8) is 0 Å². The van der Waals surface area contributed by atoms with Crippen LogP contribution >= 0.6 is 11.6 Å². The lowest BCUT2D eigenvalue weighted by molar-refractivity contribution is -0.114. The van der Waals surface area contributed by atoms with Crippen molar-refractivity contribution in [3.8, 4) is 11.5 Å². The number of benzene rings is 1. The van der Waals surface area contributed by atoms with E-state index in [9.17, 15) is 9.59 Å². The molecule has 2 aromatic rings. The Balaban J connectivity index is 1.80. The maximum Gasteiger partial charge on any atom is 0.269 e. The molecule has 10 nitrogen and oxygen atoms in total. The molecule has 0 radical (unpaired) electrons. The standard InChI is InChI=1S/C21H25ClN6O4/c1-28(6-7-29)5-3-25-21(30)20(23)13-12-26-19(22)11-14(13)27-16-10-18-15(9-17(16)31-2)24-4-8-32-18/h7,9-12,23-24H,3-6,8H2,1-2H3,(H,25,30)(H,26,27). The quantitative estimate of drug-likeness (QED) is 0.240. The van der Waals surface area contributed by atoms with Gasteiger partial charge in [-0.15, -0.1) is 0 Å². The highest BCUT2D eigenvalue weighted by Crippen LogP contribution is 2.39. The van der Waals surface area contributed by atoms with Gasteiger partial charge in [0.05, 0.1) is 30.7 Å². The van der Waals surface area contributed by atoms with Gasteiger partial charge >= 0.3 is 0 Å². The van der Waals surface area contributed by atoms with Gasteiger partial charge in [-0.3, -0.25) is 15.1 Å². The maximum atomic E-state index is 12.5. The lowest BCUT2D eigenvalue weighted by atomic mass is 10.1. The Morgan fingerprint density at radius 2 is 2.22 bits per heavy atom. The van der Waals surface area contributed by atoms with Crippen molar-refractivity contribution in [2.45, 2.75) is 0 Å². The van der Waals surface area contributed by atoms with Crippen LogP contribution < -0.4 is 25.4 Å². The van der Waals surface area contributed by atoms with Gasteiger partial charge in [0.1, 0.15) is 35.3 Å². The van der Waals surface area contributed by atoms with E-state index in [2.05, 4.69) is 20.9 Å². The van der Waals surface area contributed by atoms with Gasteiger partial charge in [-0.1, -0.05) is 11.6 Å². The highest BCUT2D eigenvalue weighted by atomic mass is 35.5. The van der Waals surface area contributed by atoms with Crippen LogP contribution in [0.2, 0.25) is 5.15 Å². The van der Waals surface area contributed by atoms with Crippen molar-refractivity contribution in [1.29, 1.82) is 5.41 Å². The number of likely N-dealkylation sites (N-methyl/N-ethyl adjacent to an activating group) is 1. The average Bonchev–Trinajstić information content (AvgIpc) is 2.78. The summed E-state index contributed by atoms with van der Waals surface area (Å²) in [5, 5.41) is 17.7. The molecule has 11 heteroatoms. The Morgan fingerprint density at radius 1 is 1.41 bits per heavy atom. The molecule has 0 saturated carbocycles. The van der Waals surface area contributed by atoms with E-state index in [0.29, 0.717) is 42.6 Å². The van der Waals surface area contributed by atoms with Gasteiger partial charge in [0.25, 0.3) is 5.91 Å². The number of ether oxygens (including phenoxy) is 2. The third-order valence-electron chi connectivity index (χ3n) is 4.78. The van der Waals surface area contributed by atoms with Crippen LogP contribution in [0.1, 0.15) is 5.56 Å². The van der Waals surface area contributed by atoms with Gasteiger partial charge in [-0.25, -0.2) is 4.98 Å². The zero-order valence-corrected chi connectivity index (χ0v) is 18.6. The molecule has 0 unspecified atom stereocenters. The maximum absolute atomic E-state index is 12.5. The summed E-state index contributed by atoms with van der Waals surface area (Å²) in [6.45, 7) is 2.27. The van der Waals surface area contributed by atoms with E-state index >= 15 is 0 Å². The lowest BCUT2D eigenvalue weighted by Gasteiger charge is -2.22. The predicted octanol–water partition coefficient (Wildman–Crippen LogP) is 1.91. The molecule has 170 valence electrons. The molecule has 0 saturated heterocycles. The Kier molecular flexibility index (Phi) is 7.85. The molecule has 0 atom stereocenters. The van der Waals surface area contributed by atoms with Gasteiger partial charge in [0.2, 0.25) is 0 Å². The number of nitrogens with one attached hydrogen (secondary N) is 4. The van der Waals surface area contributed by atoms with Crippen LogP contribution in [-0.4, -0.2) is 74.7 Å². The van der Waals surface area contributed by atoms with E-state index in [1.807, 2.05) is 6.07 Å². The zero-order valence-electron chi connectivity index (χ0n) is 17.8. The SMILES string of the molecule is COc1cc2c(cc1Nc1cc(Cl)ncc1C(=N)C(=O)NCCN(C)CC=O)OCCN2. The second kappa shape index (κ2) is 10.8. The van der Waals surface area contributed by atoms with Crippen molar-refractivity contribution in [2.24, 2.45) is 0 Å². The molecule has 0 fully saturated rings. The van der Waals surface area contributed by atoms with Crippen molar-refractivity contribution < 1.29 is 19.1 Å². The number of hydrogen-bond donors (Lipinski definition) is 4. The second-order valence-electron chi connectivity index (χ2n) is 7.06. The first kappa shape index (κ1) is 23.3. The lowest BCUT2D eigenvalue weighted by Crippen LogP contribution is -2.37. The van der Waals surface area contributed by atoms with E-state index in [4.69, 9.17) is 26.5 Å². The number of rotatable bonds is 10. The molecule has 2 heterocycles. The summed E-state index contributed by atoms with van der Waals surface area (Å²) in [5.74, 6) is 0.643.